The largest absolute Gasteiger partial charge is 0.493 e. The highest BCUT2D eigenvalue weighted by molar-refractivity contribution is 7.22. The third kappa shape index (κ3) is 3.49. The maximum Gasteiger partial charge on any atom is 0.230 e. The zero-order chi connectivity index (χ0) is 17.1. The number of benzene rings is 2. The lowest BCUT2D eigenvalue weighted by atomic mass is 10.1. The highest BCUT2D eigenvalue weighted by Crippen LogP contribution is 2.36. The maximum atomic E-state index is 12.2. The van der Waals surface area contributed by atoms with E-state index < -0.39 is 0 Å². The number of rotatable bonds is 5. The number of hydrogen-bond acceptors (Lipinski definition) is 5. The molecule has 0 spiro atoms. The number of anilines is 1. The molecule has 2 aromatic carbocycles. The lowest BCUT2D eigenvalue weighted by Gasteiger charge is -2.05. The topological polar surface area (TPSA) is 60.5 Å². The monoisotopic (exact) mass is 342 g/mol. The molecule has 0 saturated heterocycles. The van der Waals surface area contributed by atoms with Gasteiger partial charge in [0.05, 0.1) is 30.9 Å². The van der Waals surface area contributed by atoms with Crippen LogP contribution in [0.2, 0.25) is 0 Å². The second kappa shape index (κ2) is 6.88. The van der Waals surface area contributed by atoms with E-state index in [2.05, 4.69) is 10.3 Å². The molecular weight excluding hydrogens is 324 g/mol. The summed E-state index contributed by atoms with van der Waals surface area (Å²) < 4.78 is 11.5. The zero-order valence-corrected chi connectivity index (χ0v) is 14.6. The Labute approximate surface area is 144 Å². The molecule has 0 atom stereocenters. The molecule has 3 rings (SSSR count). The Morgan fingerprint density at radius 1 is 1.12 bits per heavy atom. The third-order valence-electron chi connectivity index (χ3n) is 3.63. The second-order valence-electron chi connectivity index (χ2n) is 5.40. The molecule has 0 unspecified atom stereocenters. The van der Waals surface area contributed by atoms with Crippen molar-refractivity contribution in [3.8, 4) is 11.5 Å². The SMILES string of the molecule is COc1cc2nc(NC(=O)Cc3ccc(C)cc3)sc2cc1OC. The number of ether oxygens (including phenoxy) is 2. The van der Waals surface area contributed by atoms with Gasteiger partial charge < -0.3 is 14.8 Å². The molecule has 1 amide bonds. The normalized spacial score (nSPS) is 10.6. The molecule has 0 aliphatic rings. The molecule has 1 heterocycles. The molecule has 0 radical (unpaired) electrons. The summed E-state index contributed by atoms with van der Waals surface area (Å²) >= 11 is 1.41. The van der Waals surface area contributed by atoms with Gasteiger partial charge in [0.25, 0.3) is 0 Å². The Hall–Kier alpha value is -2.60. The van der Waals surface area contributed by atoms with Crippen LogP contribution in [0.5, 0.6) is 11.5 Å². The first kappa shape index (κ1) is 16.3. The van der Waals surface area contributed by atoms with Crippen molar-refractivity contribution < 1.29 is 14.3 Å². The van der Waals surface area contributed by atoms with Crippen LogP contribution in [0, 0.1) is 6.92 Å². The van der Waals surface area contributed by atoms with Gasteiger partial charge in [-0.3, -0.25) is 4.79 Å². The van der Waals surface area contributed by atoms with Gasteiger partial charge in [0.1, 0.15) is 0 Å². The van der Waals surface area contributed by atoms with Crippen molar-refractivity contribution in [3.05, 3.63) is 47.5 Å². The van der Waals surface area contributed by atoms with Gasteiger partial charge in [-0.05, 0) is 12.5 Å². The fourth-order valence-corrected chi connectivity index (χ4v) is 3.26. The van der Waals surface area contributed by atoms with Crippen LogP contribution in [0.1, 0.15) is 11.1 Å². The summed E-state index contributed by atoms with van der Waals surface area (Å²) in [6.07, 6.45) is 0.322. The Morgan fingerprint density at radius 2 is 1.79 bits per heavy atom. The predicted molar refractivity (Wildman–Crippen MR) is 96.2 cm³/mol. The van der Waals surface area contributed by atoms with Crippen molar-refractivity contribution in [2.75, 3.05) is 19.5 Å². The minimum atomic E-state index is -0.0863. The minimum absolute atomic E-state index is 0.0863. The van der Waals surface area contributed by atoms with Gasteiger partial charge in [-0.1, -0.05) is 41.2 Å². The molecule has 24 heavy (non-hydrogen) atoms. The van der Waals surface area contributed by atoms with Crippen LogP contribution in [0.4, 0.5) is 5.13 Å². The molecule has 6 heteroatoms. The molecular formula is C18H18N2O3S. The van der Waals surface area contributed by atoms with Gasteiger partial charge in [-0.2, -0.15) is 0 Å². The quantitative estimate of drug-likeness (QED) is 0.766. The van der Waals surface area contributed by atoms with E-state index in [1.807, 2.05) is 37.3 Å². The van der Waals surface area contributed by atoms with Crippen molar-refractivity contribution in [2.24, 2.45) is 0 Å². The van der Waals surface area contributed by atoms with Crippen LogP contribution in [0.3, 0.4) is 0 Å². The van der Waals surface area contributed by atoms with Crippen molar-refractivity contribution in [2.45, 2.75) is 13.3 Å². The molecule has 124 valence electrons. The van der Waals surface area contributed by atoms with E-state index >= 15 is 0 Å². The fourth-order valence-electron chi connectivity index (χ4n) is 2.36. The van der Waals surface area contributed by atoms with Gasteiger partial charge >= 0.3 is 0 Å². The summed E-state index contributed by atoms with van der Waals surface area (Å²) in [4.78, 5) is 16.6. The van der Waals surface area contributed by atoms with Crippen LogP contribution in [0.25, 0.3) is 10.2 Å². The molecule has 0 saturated carbocycles. The van der Waals surface area contributed by atoms with Gasteiger partial charge in [0.2, 0.25) is 5.91 Å². The molecule has 1 N–H and O–H groups in total. The van der Waals surface area contributed by atoms with Crippen LogP contribution in [-0.4, -0.2) is 25.1 Å². The number of fused-ring (bicyclic) bond motifs is 1. The van der Waals surface area contributed by atoms with E-state index in [4.69, 9.17) is 9.47 Å². The Morgan fingerprint density at radius 3 is 2.46 bits per heavy atom. The smallest absolute Gasteiger partial charge is 0.230 e. The number of aryl methyl sites for hydroxylation is 1. The number of hydrogen-bond donors (Lipinski definition) is 1. The number of nitrogens with zero attached hydrogens (tertiary/aromatic N) is 1. The fraction of sp³-hybridized carbons (Fsp3) is 0.222. The van der Waals surface area contributed by atoms with Crippen molar-refractivity contribution >= 4 is 32.6 Å². The van der Waals surface area contributed by atoms with Crippen LogP contribution in [-0.2, 0) is 11.2 Å². The highest BCUT2D eigenvalue weighted by atomic mass is 32.1. The van der Waals surface area contributed by atoms with E-state index in [0.717, 1.165) is 15.8 Å². The average molecular weight is 342 g/mol. The summed E-state index contributed by atoms with van der Waals surface area (Å²) in [5.41, 5.74) is 2.92. The van der Waals surface area contributed by atoms with Crippen molar-refractivity contribution in [1.82, 2.24) is 4.98 Å². The van der Waals surface area contributed by atoms with Crippen molar-refractivity contribution in [1.29, 1.82) is 0 Å². The predicted octanol–water partition coefficient (Wildman–Crippen LogP) is 3.80. The van der Waals surface area contributed by atoms with Crippen LogP contribution < -0.4 is 14.8 Å². The number of aromatic nitrogens is 1. The number of carbonyl (C=O) groups is 1. The minimum Gasteiger partial charge on any atom is -0.493 e. The average Bonchev–Trinajstić information content (AvgIpc) is 2.96. The third-order valence-corrected chi connectivity index (χ3v) is 4.56. The van der Waals surface area contributed by atoms with E-state index in [0.29, 0.717) is 23.1 Å². The summed E-state index contributed by atoms with van der Waals surface area (Å²) in [7, 11) is 3.18. The lowest BCUT2D eigenvalue weighted by Crippen LogP contribution is -2.14. The van der Waals surface area contributed by atoms with E-state index in [1.165, 1.54) is 16.9 Å². The van der Waals surface area contributed by atoms with Gasteiger partial charge in [-0.25, -0.2) is 4.98 Å². The number of methoxy groups -OCH3 is 2. The molecule has 1 aromatic heterocycles. The molecule has 0 aliphatic carbocycles. The number of thiazole rings is 1. The maximum absolute atomic E-state index is 12.2. The standard InChI is InChI=1S/C18H18N2O3S/c1-11-4-6-12(7-5-11)8-17(21)20-18-19-13-9-14(22-2)15(23-3)10-16(13)24-18/h4-7,9-10H,8H2,1-3H3,(H,19,20,21). The summed E-state index contributed by atoms with van der Waals surface area (Å²) in [6.45, 7) is 2.02. The van der Waals surface area contributed by atoms with Gasteiger partial charge in [-0.15, -0.1) is 0 Å². The first-order valence-corrected chi connectivity index (χ1v) is 8.28. The molecule has 5 nitrogen and oxygen atoms in total. The first-order valence-electron chi connectivity index (χ1n) is 7.47. The number of carbonyl (C=O) groups excluding carboxylic acids is 1. The van der Waals surface area contributed by atoms with Crippen molar-refractivity contribution in [3.63, 3.8) is 0 Å². The second-order valence-corrected chi connectivity index (χ2v) is 6.44. The summed E-state index contributed by atoms with van der Waals surface area (Å²) in [5.74, 6) is 1.18. The zero-order valence-electron chi connectivity index (χ0n) is 13.8. The Bertz CT molecular complexity index is 831. The Balaban J connectivity index is 1.77. The van der Waals surface area contributed by atoms with E-state index in [-0.39, 0.29) is 5.91 Å². The molecule has 0 fully saturated rings. The Kier molecular flexibility index (Phi) is 4.66. The van der Waals surface area contributed by atoms with Crippen LogP contribution >= 0.6 is 11.3 Å². The van der Waals surface area contributed by atoms with Crippen LogP contribution in [0.15, 0.2) is 36.4 Å². The van der Waals surface area contributed by atoms with E-state index in [9.17, 15) is 4.79 Å². The first-order chi connectivity index (χ1) is 11.6. The summed E-state index contributed by atoms with van der Waals surface area (Å²) in [6, 6.07) is 11.6. The molecule has 0 bridgehead atoms. The van der Waals surface area contributed by atoms with Gasteiger partial charge in [0, 0.05) is 12.1 Å². The number of amides is 1. The lowest BCUT2D eigenvalue weighted by molar-refractivity contribution is -0.115. The van der Waals surface area contributed by atoms with Gasteiger partial charge in [0.15, 0.2) is 16.6 Å². The molecule has 0 aliphatic heterocycles. The van der Waals surface area contributed by atoms with E-state index in [1.54, 1.807) is 20.3 Å². The molecule has 3 aromatic rings. The highest BCUT2D eigenvalue weighted by Gasteiger charge is 2.12. The summed E-state index contributed by atoms with van der Waals surface area (Å²) in [5, 5.41) is 3.42. The number of nitrogens with one attached hydrogen (secondary N) is 1.